The zero-order chi connectivity index (χ0) is 12.3. The minimum atomic E-state index is -0.289. The Morgan fingerprint density at radius 3 is 2.50 bits per heavy atom. The second kappa shape index (κ2) is 4.43. The summed E-state index contributed by atoms with van der Waals surface area (Å²) in [5.41, 5.74) is 0.173. The van der Waals surface area contributed by atoms with Crippen LogP contribution in [0.25, 0.3) is 0 Å². The first kappa shape index (κ1) is 12.4. The van der Waals surface area contributed by atoms with Crippen molar-refractivity contribution in [3.63, 3.8) is 0 Å². The van der Waals surface area contributed by atoms with Crippen LogP contribution in [0.5, 0.6) is 11.5 Å². The van der Waals surface area contributed by atoms with Crippen molar-refractivity contribution < 1.29 is 14.6 Å². The van der Waals surface area contributed by atoms with E-state index in [4.69, 9.17) is 4.74 Å². The van der Waals surface area contributed by atoms with Gasteiger partial charge in [-0.05, 0) is 39.0 Å². The van der Waals surface area contributed by atoms with Crippen LogP contribution in [-0.4, -0.2) is 23.7 Å². The van der Waals surface area contributed by atoms with Crippen LogP contribution in [0.4, 0.5) is 0 Å². The van der Waals surface area contributed by atoms with E-state index in [2.05, 4.69) is 5.32 Å². The molecule has 0 bridgehead atoms. The molecule has 1 aromatic carbocycles. The predicted molar refractivity (Wildman–Crippen MR) is 61.9 cm³/mol. The first-order chi connectivity index (χ1) is 7.33. The summed E-state index contributed by atoms with van der Waals surface area (Å²) in [6, 6.07) is 4.51. The van der Waals surface area contributed by atoms with Gasteiger partial charge in [0.25, 0.3) is 5.91 Å². The molecule has 0 saturated heterocycles. The molecule has 0 unspecified atom stereocenters. The second-order valence-electron chi connectivity index (χ2n) is 4.59. The molecule has 2 N–H and O–H groups in total. The Labute approximate surface area is 95.2 Å². The number of methoxy groups -OCH3 is 1. The van der Waals surface area contributed by atoms with Crippen molar-refractivity contribution in [3.8, 4) is 11.5 Å². The molecule has 1 amide bonds. The highest BCUT2D eigenvalue weighted by molar-refractivity contribution is 5.95. The summed E-state index contributed by atoms with van der Waals surface area (Å²) >= 11 is 0. The van der Waals surface area contributed by atoms with E-state index >= 15 is 0 Å². The molecule has 0 aliphatic carbocycles. The smallest absolute Gasteiger partial charge is 0.251 e. The van der Waals surface area contributed by atoms with E-state index in [1.54, 1.807) is 6.07 Å². The molecule has 16 heavy (non-hydrogen) atoms. The minimum Gasteiger partial charge on any atom is -0.504 e. The van der Waals surface area contributed by atoms with E-state index in [0.29, 0.717) is 11.3 Å². The summed E-state index contributed by atoms with van der Waals surface area (Å²) in [5.74, 6) is 0.127. The Balaban J connectivity index is 2.93. The average Bonchev–Trinajstić information content (AvgIpc) is 2.15. The number of carbonyl (C=O) groups excluding carboxylic acids is 1. The molecule has 0 spiro atoms. The highest BCUT2D eigenvalue weighted by Gasteiger charge is 2.16. The third kappa shape index (κ3) is 3.15. The minimum absolute atomic E-state index is 0.0230. The van der Waals surface area contributed by atoms with Gasteiger partial charge in [-0.15, -0.1) is 0 Å². The van der Waals surface area contributed by atoms with Crippen LogP contribution in [-0.2, 0) is 0 Å². The molecule has 0 heterocycles. The number of phenolic OH excluding ortho intramolecular Hbond substituents is 1. The summed E-state index contributed by atoms with van der Waals surface area (Å²) < 4.78 is 4.94. The van der Waals surface area contributed by atoms with Crippen molar-refractivity contribution in [1.29, 1.82) is 0 Å². The van der Waals surface area contributed by atoms with Gasteiger partial charge in [-0.25, -0.2) is 0 Å². The van der Waals surface area contributed by atoms with Crippen LogP contribution in [0.2, 0.25) is 0 Å². The first-order valence-corrected chi connectivity index (χ1v) is 5.03. The standard InChI is InChI=1S/C12H17NO3/c1-12(2,3)13-11(15)8-5-6-9(14)10(7-8)16-4/h5-7,14H,1-4H3,(H,13,15). The van der Waals surface area contributed by atoms with E-state index in [9.17, 15) is 9.90 Å². The van der Waals surface area contributed by atoms with Gasteiger partial charge in [-0.1, -0.05) is 0 Å². The number of aromatic hydroxyl groups is 1. The SMILES string of the molecule is COc1cc(C(=O)NC(C)(C)C)ccc1O. The summed E-state index contributed by atoms with van der Waals surface area (Å²) in [7, 11) is 1.44. The van der Waals surface area contributed by atoms with Gasteiger partial charge in [0.15, 0.2) is 11.5 Å². The van der Waals surface area contributed by atoms with Gasteiger partial charge >= 0.3 is 0 Å². The van der Waals surface area contributed by atoms with Crippen LogP contribution >= 0.6 is 0 Å². The maximum absolute atomic E-state index is 11.8. The van der Waals surface area contributed by atoms with E-state index < -0.39 is 0 Å². The zero-order valence-corrected chi connectivity index (χ0v) is 10.00. The molecule has 0 fully saturated rings. The van der Waals surface area contributed by atoms with Crippen LogP contribution < -0.4 is 10.1 Å². The highest BCUT2D eigenvalue weighted by atomic mass is 16.5. The topological polar surface area (TPSA) is 58.6 Å². The Kier molecular flexibility index (Phi) is 3.42. The molecule has 0 saturated carbocycles. The van der Waals surface area contributed by atoms with E-state index in [0.717, 1.165) is 0 Å². The quantitative estimate of drug-likeness (QED) is 0.805. The maximum atomic E-state index is 11.8. The third-order valence-electron chi connectivity index (χ3n) is 1.93. The monoisotopic (exact) mass is 223 g/mol. The fraction of sp³-hybridized carbons (Fsp3) is 0.417. The summed E-state index contributed by atoms with van der Waals surface area (Å²) in [6.07, 6.45) is 0. The summed E-state index contributed by atoms with van der Waals surface area (Å²) in [5, 5.41) is 12.2. The lowest BCUT2D eigenvalue weighted by atomic mass is 10.1. The van der Waals surface area contributed by atoms with Crippen molar-refractivity contribution in [2.45, 2.75) is 26.3 Å². The van der Waals surface area contributed by atoms with Gasteiger partial charge in [0.05, 0.1) is 7.11 Å². The Morgan fingerprint density at radius 1 is 1.38 bits per heavy atom. The summed E-state index contributed by atoms with van der Waals surface area (Å²) in [4.78, 5) is 11.8. The number of hydrogen-bond acceptors (Lipinski definition) is 3. The van der Waals surface area contributed by atoms with Crippen LogP contribution in [0, 0.1) is 0 Å². The van der Waals surface area contributed by atoms with Crippen molar-refractivity contribution in [1.82, 2.24) is 5.32 Å². The molecular weight excluding hydrogens is 206 g/mol. The second-order valence-corrected chi connectivity index (χ2v) is 4.59. The molecule has 0 atom stereocenters. The predicted octanol–water partition coefficient (Wildman–Crippen LogP) is 1.93. The highest BCUT2D eigenvalue weighted by Crippen LogP contribution is 2.26. The van der Waals surface area contributed by atoms with Gasteiger partial charge in [-0.3, -0.25) is 4.79 Å². The molecule has 88 valence electrons. The molecular formula is C12H17NO3. The average molecular weight is 223 g/mol. The number of rotatable bonds is 2. The molecule has 0 aliphatic heterocycles. The van der Waals surface area contributed by atoms with E-state index in [1.165, 1.54) is 19.2 Å². The number of amides is 1. The van der Waals surface area contributed by atoms with Gasteiger partial charge < -0.3 is 15.2 Å². The van der Waals surface area contributed by atoms with Crippen molar-refractivity contribution >= 4 is 5.91 Å². The van der Waals surface area contributed by atoms with Crippen LogP contribution in [0.1, 0.15) is 31.1 Å². The van der Waals surface area contributed by atoms with Crippen molar-refractivity contribution in [2.24, 2.45) is 0 Å². The van der Waals surface area contributed by atoms with E-state index in [1.807, 2.05) is 20.8 Å². The van der Waals surface area contributed by atoms with Crippen molar-refractivity contribution in [3.05, 3.63) is 23.8 Å². The Bertz CT molecular complexity index is 394. The molecule has 0 aromatic heterocycles. The lowest BCUT2D eigenvalue weighted by Crippen LogP contribution is -2.40. The number of carbonyl (C=O) groups is 1. The number of hydrogen-bond donors (Lipinski definition) is 2. The molecule has 0 aliphatic rings. The number of benzene rings is 1. The first-order valence-electron chi connectivity index (χ1n) is 5.03. The normalized spacial score (nSPS) is 11.0. The lowest BCUT2D eigenvalue weighted by molar-refractivity contribution is 0.0919. The fourth-order valence-corrected chi connectivity index (χ4v) is 1.23. The maximum Gasteiger partial charge on any atom is 0.251 e. The zero-order valence-electron chi connectivity index (χ0n) is 10.00. The van der Waals surface area contributed by atoms with Crippen molar-refractivity contribution in [2.75, 3.05) is 7.11 Å². The lowest BCUT2D eigenvalue weighted by Gasteiger charge is -2.20. The number of phenols is 1. The molecule has 4 nitrogen and oxygen atoms in total. The molecule has 1 rings (SSSR count). The Hall–Kier alpha value is -1.71. The molecule has 4 heteroatoms. The van der Waals surface area contributed by atoms with Crippen LogP contribution in [0.3, 0.4) is 0 Å². The number of nitrogens with one attached hydrogen (secondary N) is 1. The third-order valence-corrected chi connectivity index (χ3v) is 1.93. The summed E-state index contributed by atoms with van der Waals surface area (Å²) in [6.45, 7) is 5.72. The number of ether oxygens (including phenoxy) is 1. The van der Waals surface area contributed by atoms with Gasteiger partial charge in [0, 0.05) is 11.1 Å². The van der Waals surface area contributed by atoms with Crippen LogP contribution in [0.15, 0.2) is 18.2 Å². The molecule has 0 radical (unpaired) electrons. The van der Waals surface area contributed by atoms with Gasteiger partial charge in [0.1, 0.15) is 0 Å². The van der Waals surface area contributed by atoms with Gasteiger partial charge in [0.2, 0.25) is 0 Å². The van der Waals surface area contributed by atoms with E-state index in [-0.39, 0.29) is 17.2 Å². The molecule has 1 aromatic rings. The van der Waals surface area contributed by atoms with Gasteiger partial charge in [-0.2, -0.15) is 0 Å². The largest absolute Gasteiger partial charge is 0.504 e. The Morgan fingerprint density at radius 2 is 2.00 bits per heavy atom. The fourth-order valence-electron chi connectivity index (χ4n) is 1.23.